The molecule has 0 radical (unpaired) electrons. The summed E-state index contributed by atoms with van der Waals surface area (Å²) in [7, 11) is 1.74. The Morgan fingerprint density at radius 2 is 1.78 bits per heavy atom. The normalized spacial score (nSPS) is 19.1. The van der Waals surface area contributed by atoms with E-state index in [1.165, 1.54) is 6.33 Å². The zero-order chi connectivity index (χ0) is 16.4. The van der Waals surface area contributed by atoms with Crippen LogP contribution < -0.4 is 4.90 Å². The van der Waals surface area contributed by atoms with Crippen LogP contribution in [-0.2, 0) is 11.8 Å². The van der Waals surface area contributed by atoms with Gasteiger partial charge in [0.2, 0.25) is 12.1 Å². The minimum absolute atomic E-state index is 0.0208. The lowest BCUT2D eigenvalue weighted by atomic mass is 10.3. The molecule has 2 amide bonds. The standard InChI is InChI=1S/C13H20N6O4/c1-15-10-14-11(19(21)22)12(15)16-2-4-17(5-3-16)13(20)18-6-8-23-9-7-18/h10H,2-9H2,1H3. The highest BCUT2D eigenvalue weighted by molar-refractivity contribution is 5.75. The van der Waals surface area contributed by atoms with Gasteiger partial charge < -0.3 is 29.6 Å². The third kappa shape index (κ3) is 3.07. The second-order valence-electron chi connectivity index (χ2n) is 5.62. The number of morpholine rings is 1. The van der Waals surface area contributed by atoms with Gasteiger partial charge in [-0.1, -0.05) is 0 Å². The molecule has 1 aromatic heterocycles. The van der Waals surface area contributed by atoms with E-state index in [9.17, 15) is 14.9 Å². The molecule has 2 fully saturated rings. The third-order valence-corrected chi connectivity index (χ3v) is 4.19. The molecule has 3 heterocycles. The van der Waals surface area contributed by atoms with Gasteiger partial charge in [-0.25, -0.2) is 4.79 Å². The fourth-order valence-corrected chi connectivity index (χ4v) is 2.97. The molecule has 0 bridgehead atoms. The first-order valence-corrected chi connectivity index (χ1v) is 7.60. The number of hydrogen-bond acceptors (Lipinski definition) is 6. The number of nitrogens with zero attached hydrogens (tertiary/aromatic N) is 6. The summed E-state index contributed by atoms with van der Waals surface area (Å²) < 4.78 is 6.91. The smallest absolute Gasteiger partial charge is 0.378 e. The van der Waals surface area contributed by atoms with Crippen molar-refractivity contribution in [3.8, 4) is 0 Å². The van der Waals surface area contributed by atoms with E-state index in [1.807, 2.05) is 4.90 Å². The largest absolute Gasteiger partial charge is 0.406 e. The summed E-state index contributed by atoms with van der Waals surface area (Å²) in [4.78, 5) is 32.4. The Bertz CT molecular complexity index is 589. The number of ether oxygens (including phenoxy) is 1. The van der Waals surface area contributed by atoms with Crippen LogP contribution in [0.5, 0.6) is 0 Å². The first kappa shape index (κ1) is 15.5. The van der Waals surface area contributed by atoms with Gasteiger partial charge in [-0.15, -0.1) is 0 Å². The molecule has 0 unspecified atom stereocenters. The SMILES string of the molecule is Cn1cnc([N+](=O)[O-])c1N1CCN(C(=O)N2CCOCC2)CC1. The molecular formula is C13H20N6O4. The number of urea groups is 1. The van der Waals surface area contributed by atoms with E-state index >= 15 is 0 Å². The summed E-state index contributed by atoms with van der Waals surface area (Å²) in [6.45, 7) is 4.57. The highest BCUT2D eigenvalue weighted by atomic mass is 16.6. The maximum Gasteiger partial charge on any atom is 0.406 e. The second kappa shape index (κ2) is 6.41. The van der Waals surface area contributed by atoms with Gasteiger partial charge in [0.25, 0.3) is 0 Å². The van der Waals surface area contributed by atoms with Crippen molar-refractivity contribution in [2.24, 2.45) is 7.05 Å². The predicted octanol–water partition coefficient (Wildman–Crippen LogP) is -0.0975. The highest BCUT2D eigenvalue weighted by Gasteiger charge is 2.31. The van der Waals surface area contributed by atoms with Crippen LogP contribution in [0.3, 0.4) is 0 Å². The van der Waals surface area contributed by atoms with Crippen LogP contribution >= 0.6 is 0 Å². The van der Waals surface area contributed by atoms with Gasteiger partial charge in [0.1, 0.15) is 0 Å². The Balaban J connectivity index is 1.63. The summed E-state index contributed by atoms with van der Waals surface area (Å²) in [5.41, 5.74) is 0. The molecule has 3 rings (SSSR count). The topological polar surface area (TPSA) is 97.0 Å². The molecule has 2 aliphatic rings. The Labute approximate surface area is 133 Å². The highest BCUT2D eigenvalue weighted by Crippen LogP contribution is 2.26. The van der Waals surface area contributed by atoms with Crippen molar-refractivity contribution in [3.63, 3.8) is 0 Å². The van der Waals surface area contributed by atoms with Crippen LogP contribution in [0.4, 0.5) is 16.4 Å². The minimum atomic E-state index is -0.472. The molecule has 10 nitrogen and oxygen atoms in total. The lowest BCUT2D eigenvalue weighted by molar-refractivity contribution is -0.388. The number of amides is 2. The van der Waals surface area contributed by atoms with E-state index in [0.29, 0.717) is 58.3 Å². The van der Waals surface area contributed by atoms with Crippen LogP contribution in [0.25, 0.3) is 0 Å². The van der Waals surface area contributed by atoms with Crippen molar-refractivity contribution in [3.05, 3.63) is 16.4 Å². The minimum Gasteiger partial charge on any atom is -0.378 e. The van der Waals surface area contributed by atoms with Crippen molar-refractivity contribution >= 4 is 17.7 Å². The molecule has 0 atom stereocenters. The maximum absolute atomic E-state index is 12.4. The lowest BCUT2D eigenvalue weighted by Gasteiger charge is -2.38. The molecule has 0 saturated carbocycles. The predicted molar refractivity (Wildman–Crippen MR) is 81.4 cm³/mol. The van der Waals surface area contributed by atoms with Crippen LogP contribution in [0.2, 0.25) is 0 Å². The molecule has 0 N–H and O–H groups in total. The van der Waals surface area contributed by atoms with Gasteiger partial charge in [0, 0.05) is 46.3 Å². The van der Waals surface area contributed by atoms with Crippen LogP contribution in [-0.4, -0.2) is 82.8 Å². The van der Waals surface area contributed by atoms with Gasteiger partial charge in [-0.2, -0.15) is 0 Å². The zero-order valence-electron chi connectivity index (χ0n) is 13.1. The number of piperazine rings is 1. The Morgan fingerprint density at radius 3 is 2.39 bits per heavy atom. The summed E-state index contributed by atoms with van der Waals surface area (Å²) in [6, 6.07) is 0.0208. The molecule has 10 heteroatoms. The number of aryl methyl sites for hydroxylation is 1. The number of carbonyl (C=O) groups is 1. The number of carbonyl (C=O) groups excluding carboxylic acids is 1. The van der Waals surface area contributed by atoms with Gasteiger partial charge in [0.05, 0.1) is 13.2 Å². The first-order chi connectivity index (χ1) is 11.1. The molecule has 0 aliphatic carbocycles. The average Bonchev–Trinajstić information content (AvgIpc) is 2.97. The van der Waals surface area contributed by atoms with Gasteiger partial charge in [0.15, 0.2) is 0 Å². The van der Waals surface area contributed by atoms with Crippen molar-refractivity contribution in [2.75, 3.05) is 57.4 Å². The van der Waals surface area contributed by atoms with Gasteiger partial charge in [-0.3, -0.25) is 4.57 Å². The van der Waals surface area contributed by atoms with Crippen LogP contribution in [0, 0.1) is 10.1 Å². The molecule has 126 valence electrons. The number of anilines is 1. The number of nitro groups is 1. The van der Waals surface area contributed by atoms with E-state index in [1.54, 1.807) is 21.4 Å². The van der Waals surface area contributed by atoms with Crippen molar-refractivity contribution < 1.29 is 14.5 Å². The van der Waals surface area contributed by atoms with E-state index in [4.69, 9.17) is 4.74 Å². The molecular weight excluding hydrogens is 304 g/mol. The lowest BCUT2D eigenvalue weighted by Crippen LogP contribution is -2.55. The average molecular weight is 324 g/mol. The van der Waals surface area contributed by atoms with Crippen molar-refractivity contribution in [1.29, 1.82) is 0 Å². The van der Waals surface area contributed by atoms with Crippen molar-refractivity contribution in [1.82, 2.24) is 19.4 Å². The Kier molecular flexibility index (Phi) is 4.33. The number of imidazole rings is 1. The van der Waals surface area contributed by atoms with E-state index in [-0.39, 0.29) is 11.8 Å². The maximum atomic E-state index is 12.4. The van der Waals surface area contributed by atoms with Crippen molar-refractivity contribution in [2.45, 2.75) is 0 Å². The number of hydrogen-bond donors (Lipinski definition) is 0. The first-order valence-electron chi connectivity index (χ1n) is 7.60. The molecule has 2 saturated heterocycles. The molecule has 1 aromatic rings. The quantitative estimate of drug-likeness (QED) is 0.557. The molecule has 0 spiro atoms. The second-order valence-corrected chi connectivity index (χ2v) is 5.62. The number of aromatic nitrogens is 2. The fraction of sp³-hybridized carbons (Fsp3) is 0.692. The summed E-state index contributed by atoms with van der Waals surface area (Å²) in [6.07, 6.45) is 1.44. The van der Waals surface area contributed by atoms with Crippen LogP contribution in [0.1, 0.15) is 0 Å². The molecule has 23 heavy (non-hydrogen) atoms. The van der Waals surface area contributed by atoms with E-state index in [2.05, 4.69) is 4.98 Å². The third-order valence-electron chi connectivity index (χ3n) is 4.19. The summed E-state index contributed by atoms with van der Waals surface area (Å²) >= 11 is 0. The Morgan fingerprint density at radius 1 is 1.17 bits per heavy atom. The van der Waals surface area contributed by atoms with Crippen LogP contribution in [0.15, 0.2) is 6.33 Å². The molecule has 2 aliphatic heterocycles. The van der Waals surface area contributed by atoms with Gasteiger partial charge >= 0.3 is 11.8 Å². The summed E-state index contributed by atoms with van der Waals surface area (Å²) in [5.74, 6) is 0.355. The summed E-state index contributed by atoms with van der Waals surface area (Å²) in [5, 5.41) is 11.1. The van der Waals surface area contributed by atoms with E-state index in [0.717, 1.165) is 0 Å². The Hall–Kier alpha value is -2.36. The number of rotatable bonds is 2. The fourth-order valence-electron chi connectivity index (χ4n) is 2.97. The van der Waals surface area contributed by atoms with E-state index < -0.39 is 4.92 Å². The monoisotopic (exact) mass is 324 g/mol. The van der Waals surface area contributed by atoms with Gasteiger partial charge in [-0.05, 0) is 9.91 Å². The molecule has 0 aromatic carbocycles. The zero-order valence-corrected chi connectivity index (χ0v) is 13.1.